The van der Waals surface area contributed by atoms with Gasteiger partial charge in [-0.3, -0.25) is 4.98 Å². The number of guanidine groups is 1. The van der Waals surface area contributed by atoms with Crippen molar-refractivity contribution in [2.24, 2.45) is 4.99 Å². The molecular formula is C18H23BrN4O2. The van der Waals surface area contributed by atoms with Crippen LogP contribution in [0.1, 0.15) is 18.2 Å². The molecule has 7 heteroatoms. The van der Waals surface area contributed by atoms with Crippen molar-refractivity contribution in [1.82, 2.24) is 15.6 Å². The van der Waals surface area contributed by atoms with E-state index in [4.69, 9.17) is 9.47 Å². The molecule has 0 fully saturated rings. The summed E-state index contributed by atoms with van der Waals surface area (Å²) in [4.78, 5) is 8.92. The maximum Gasteiger partial charge on any atom is 0.191 e. The minimum atomic E-state index is 0.510. The third-order valence-electron chi connectivity index (χ3n) is 3.42. The summed E-state index contributed by atoms with van der Waals surface area (Å²) < 4.78 is 11.5. The van der Waals surface area contributed by atoms with Gasteiger partial charge in [-0.2, -0.15) is 0 Å². The average molecular weight is 407 g/mol. The highest BCUT2D eigenvalue weighted by Gasteiger charge is 2.10. The van der Waals surface area contributed by atoms with Gasteiger partial charge in [-0.25, -0.2) is 4.99 Å². The van der Waals surface area contributed by atoms with E-state index < -0.39 is 0 Å². The molecule has 0 bridgehead atoms. The molecule has 0 aliphatic carbocycles. The molecule has 1 aromatic heterocycles. The van der Waals surface area contributed by atoms with Crippen LogP contribution < -0.4 is 20.1 Å². The lowest BCUT2D eigenvalue weighted by atomic mass is 10.2. The molecule has 2 aromatic rings. The van der Waals surface area contributed by atoms with Crippen molar-refractivity contribution in [1.29, 1.82) is 0 Å². The van der Waals surface area contributed by atoms with Gasteiger partial charge in [0.05, 0.1) is 37.5 Å². The molecule has 0 atom stereocenters. The number of nitrogens with zero attached hydrogens (tertiary/aromatic N) is 2. The minimum Gasteiger partial charge on any atom is -0.493 e. The maximum atomic E-state index is 5.37. The predicted octanol–water partition coefficient (Wildman–Crippen LogP) is 3.12. The summed E-state index contributed by atoms with van der Waals surface area (Å²) in [5.41, 5.74) is 1.97. The first-order valence-electron chi connectivity index (χ1n) is 8.00. The van der Waals surface area contributed by atoms with Gasteiger partial charge in [0.1, 0.15) is 0 Å². The number of rotatable bonds is 7. The molecule has 6 nitrogen and oxygen atoms in total. The molecule has 0 amide bonds. The zero-order chi connectivity index (χ0) is 18.1. The molecule has 25 heavy (non-hydrogen) atoms. The average Bonchev–Trinajstić information content (AvgIpc) is 2.64. The van der Waals surface area contributed by atoms with Crippen LogP contribution in [0.4, 0.5) is 0 Å². The standard InChI is InChI=1S/C18H23BrN4O2/c1-4-20-18(23-12-14-7-5-6-8-21-14)22-11-13-9-15(19)17(25-3)16(10-13)24-2/h5-10H,4,11-12H2,1-3H3,(H2,20,22,23). The summed E-state index contributed by atoms with van der Waals surface area (Å²) in [6, 6.07) is 9.75. The largest absolute Gasteiger partial charge is 0.493 e. The Balaban J connectivity index is 2.09. The lowest BCUT2D eigenvalue weighted by Gasteiger charge is -2.13. The van der Waals surface area contributed by atoms with Crippen molar-refractivity contribution in [3.05, 3.63) is 52.3 Å². The first kappa shape index (κ1) is 19.1. The Hall–Kier alpha value is -2.28. The Kier molecular flexibility index (Phi) is 7.53. The number of aromatic nitrogens is 1. The molecule has 0 aliphatic rings. The number of methoxy groups -OCH3 is 2. The molecule has 1 aromatic carbocycles. The van der Waals surface area contributed by atoms with Gasteiger partial charge in [-0.1, -0.05) is 6.07 Å². The van der Waals surface area contributed by atoms with Crippen molar-refractivity contribution in [3.63, 3.8) is 0 Å². The zero-order valence-corrected chi connectivity index (χ0v) is 16.3. The van der Waals surface area contributed by atoms with Crippen molar-refractivity contribution >= 4 is 21.9 Å². The van der Waals surface area contributed by atoms with Gasteiger partial charge >= 0.3 is 0 Å². The predicted molar refractivity (Wildman–Crippen MR) is 103 cm³/mol. The van der Waals surface area contributed by atoms with Gasteiger partial charge < -0.3 is 20.1 Å². The van der Waals surface area contributed by atoms with Gasteiger partial charge in [0.25, 0.3) is 0 Å². The topological polar surface area (TPSA) is 67.8 Å². The molecule has 0 spiro atoms. The van der Waals surface area contributed by atoms with Crippen LogP contribution in [0.25, 0.3) is 0 Å². The fourth-order valence-electron chi connectivity index (χ4n) is 2.25. The van der Waals surface area contributed by atoms with E-state index >= 15 is 0 Å². The van der Waals surface area contributed by atoms with Crippen LogP contribution in [0, 0.1) is 0 Å². The Labute approximate surface area is 156 Å². The number of ether oxygens (including phenoxy) is 2. The molecule has 0 aliphatic heterocycles. The molecule has 0 saturated carbocycles. The van der Waals surface area contributed by atoms with E-state index in [1.807, 2.05) is 37.3 Å². The number of nitrogens with one attached hydrogen (secondary N) is 2. The summed E-state index contributed by atoms with van der Waals surface area (Å²) in [5.74, 6) is 2.09. The van der Waals surface area contributed by atoms with Gasteiger partial charge in [-0.15, -0.1) is 0 Å². The second-order valence-electron chi connectivity index (χ2n) is 5.18. The second-order valence-corrected chi connectivity index (χ2v) is 6.04. The van der Waals surface area contributed by atoms with Crippen molar-refractivity contribution < 1.29 is 9.47 Å². The van der Waals surface area contributed by atoms with Crippen LogP contribution in [-0.2, 0) is 13.1 Å². The van der Waals surface area contributed by atoms with Crippen molar-refractivity contribution in [2.45, 2.75) is 20.0 Å². The minimum absolute atomic E-state index is 0.510. The first-order chi connectivity index (χ1) is 12.2. The van der Waals surface area contributed by atoms with Gasteiger partial charge in [0.2, 0.25) is 0 Å². The lowest BCUT2D eigenvalue weighted by molar-refractivity contribution is 0.352. The smallest absolute Gasteiger partial charge is 0.191 e. The molecule has 0 radical (unpaired) electrons. The van der Waals surface area contributed by atoms with Crippen LogP contribution in [0.15, 0.2) is 46.0 Å². The second kappa shape index (κ2) is 9.88. The van der Waals surface area contributed by atoms with E-state index in [9.17, 15) is 0 Å². The zero-order valence-electron chi connectivity index (χ0n) is 14.7. The van der Waals surface area contributed by atoms with Gasteiger partial charge in [0.15, 0.2) is 17.5 Å². The highest BCUT2D eigenvalue weighted by atomic mass is 79.9. The summed E-state index contributed by atoms with van der Waals surface area (Å²) in [5, 5.41) is 6.51. The van der Waals surface area contributed by atoms with E-state index in [0.29, 0.717) is 24.6 Å². The van der Waals surface area contributed by atoms with Crippen LogP contribution >= 0.6 is 15.9 Å². The number of hydrogen-bond acceptors (Lipinski definition) is 4. The fraction of sp³-hybridized carbons (Fsp3) is 0.333. The lowest BCUT2D eigenvalue weighted by Crippen LogP contribution is -2.37. The Morgan fingerprint density at radius 2 is 2.04 bits per heavy atom. The SMILES string of the molecule is CCNC(=NCc1cc(Br)c(OC)c(OC)c1)NCc1ccccn1. The van der Waals surface area contributed by atoms with E-state index in [2.05, 4.69) is 36.5 Å². The van der Waals surface area contributed by atoms with E-state index in [1.54, 1.807) is 20.4 Å². The van der Waals surface area contributed by atoms with Crippen LogP contribution in [0.5, 0.6) is 11.5 Å². The maximum absolute atomic E-state index is 5.37. The van der Waals surface area contributed by atoms with E-state index in [-0.39, 0.29) is 0 Å². The van der Waals surface area contributed by atoms with Crippen molar-refractivity contribution in [3.8, 4) is 11.5 Å². The molecule has 2 rings (SSSR count). The van der Waals surface area contributed by atoms with Gasteiger partial charge in [-0.05, 0) is 52.7 Å². The van der Waals surface area contributed by atoms with Crippen LogP contribution in [-0.4, -0.2) is 31.7 Å². The molecule has 0 unspecified atom stereocenters. The Morgan fingerprint density at radius 3 is 2.68 bits per heavy atom. The number of halogens is 1. The summed E-state index contributed by atoms with van der Waals surface area (Å²) in [6.07, 6.45) is 1.78. The highest BCUT2D eigenvalue weighted by molar-refractivity contribution is 9.10. The van der Waals surface area contributed by atoms with Crippen LogP contribution in [0.2, 0.25) is 0 Å². The molecule has 2 N–H and O–H groups in total. The molecule has 1 heterocycles. The number of hydrogen-bond donors (Lipinski definition) is 2. The number of aliphatic imine (C=N–C) groups is 1. The summed E-state index contributed by atoms with van der Waals surface area (Å²) in [6.45, 7) is 3.94. The monoisotopic (exact) mass is 406 g/mol. The Bertz CT molecular complexity index is 708. The third-order valence-corrected chi connectivity index (χ3v) is 4.01. The molecular weight excluding hydrogens is 384 g/mol. The molecule has 0 saturated heterocycles. The first-order valence-corrected chi connectivity index (χ1v) is 8.79. The molecule has 134 valence electrons. The van der Waals surface area contributed by atoms with Crippen LogP contribution in [0.3, 0.4) is 0 Å². The number of pyridine rings is 1. The Morgan fingerprint density at radius 1 is 1.20 bits per heavy atom. The highest BCUT2D eigenvalue weighted by Crippen LogP contribution is 2.36. The normalized spacial score (nSPS) is 11.1. The quantitative estimate of drug-likeness (QED) is 0.546. The summed E-state index contributed by atoms with van der Waals surface area (Å²) in [7, 11) is 3.24. The van der Waals surface area contributed by atoms with E-state index in [0.717, 1.165) is 28.2 Å². The third kappa shape index (κ3) is 5.63. The number of benzene rings is 1. The van der Waals surface area contributed by atoms with E-state index in [1.165, 1.54) is 0 Å². The van der Waals surface area contributed by atoms with Crippen molar-refractivity contribution in [2.75, 3.05) is 20.8 Å². The van der Waals surface area contributed by atoms with Gasteiger partial charge in [0, 0.05) is 12.7 Å². The summed E-state index contributed by atoms with van der Waals surface area (Å²) >= 11 is 3.51. The fourth-order valence-corrected chi connectivity index (χ4v) is 2.90.